The summed E-state index contributed by atoms with van der Waals surface area (Å²) in [7, 11) is 0. The molecule has 3 unspecified atom stereocenters. The molecule has 3 atom stereocenters. The van der Waals surface area contributed by atoms with Gasteiger partial charge in [-0.25, -0.2) is 4.99 Å². The van der Waals surface area contributed by atoms with E-state index in [9.17, 15) is 5.11 Å². The maximum atomic E-state index is 9.62. The number of rotatable bonds is 1. The zero-order valence-electron chi connectivity index (χ0n) is 9.97. The first-order valence-electron chi connectivity index (χ1n) is 6.22. The third-order valence-electron chi connectivity index (χ3n) is 3.57. The number of fused-ring (bicyclic) bond motifs is 1. The number of ether oxygens (including phenoxy) is 1. The summed E-state index contributed by atoms with van der Waals surface area (Å²) in [5.74, 6) is 0.745. The SMILES string of the molecule is Cc1ccc(C2=NC3CC(O)CCC3O2)cc1. The number of nitrogens with zero attached hydrogens (tertiary/aromatic N) is 1. The van der Waals surface area contributed by atoms with Gasteiger partial charge in [0.25, 0.3) is 0 Å². The Bertz CT molecular complexity index is 438. The molecule has 0 bridgehead atoms. The summed E-state index contributed by atoms with van der Waals surface area (Å²) in [4.78, 5) is 4.59. The van der Waals surface area contributed by atoms with E-state index in [1.54, 1.807) is 0 Å². The van der Waals surface area contributed by atoms with Crippen molar-refractivity contribution in [1.29, 1.82) is 0 Å². The summed E-state index contributed by atoms with van der Waals surface area (Å²) in [5.41, 5.74) is 2.28. The molecule has 17 heavy (non-hydrogen) atoms. The van der Waals surface area contributed by atoms with Crippen molar-refractivity contribution in [3.63, 3.8) is 0 Å². The van der Waals surface area contributed by atoms with E-state index in [-0.39, 0.29) is 18.2 Å². The second kappa shape index (κ2) is 4.15. The third kappa shape index (κ3) is 2.07. The highest BCUT2D eigenvalue weighted by Gasteiger charge is 2.36. The Morgan fingerprint density at radius 3 is 2.76 bits per heavy atom. The Morgan fingerprint density at radius 1 is 1.24 bits per heavy atom. The van der Waals surface area contributed by atoms with E-state index in [4.69, 9.17) is 4.74 Å². The van der Waals surface area contributed by atoms with Crippen LogP contribution in [0.1, 0.15) is 30.4 Å². The van der Waals surface area contributed by atoms with E-state index in [0.29, 0.717) is 0 Å². The largest absolute Gasteiger partial charge is 0.472 e. The summed E-state index contributed by atoms with van der Waals surface area (Å²) in [5, 5.41) is 9.62. The summed E-state index contributed by atoms with van der Waals surface area (Å²) in [6, 6.07) is 8.37. The Balaban J connectivity index is 1.81. The van der Waals surface area contributed by atoms with Crippen LogP contribution in [-0.2, 0) is 4.74 Å². The van der Waals surface area contributed by atoms with Gasteiger partial charge in [0.15, 0.2) is 0 Å². The molecule has 3 heteroatoms. The predicted molar refractivity (Wildman–Crippen MR) is 66.2 cm³/mol. The molecule has 1 aliphatic carbocycles. The van der Waals surface area contributed by atoms with Crippen molar-refractivity contribution in [2.45, 2.75) is 44.4 Å². The maximum absolute atomic E-state index is 9.62. The van der Waals surface area contributed by atoms with Crippen LogP contribution in [-0.4, -0.2) is 29.3 Å². The molecule has 0 saturated heterocycles. The van der Waals surface area contributed by atoms with Gasteiger partial charge in [0.05, 0.1) is 12.1 Å². The van der Waals surface area contributed by atoms with E-state index in [2.05, 4.69) is 24.0 Å². The lowest BCUT2D eigenvalue weighted by Crippen LogP contribution is -2.33. The number of benzene rings is 1. The molecule has 1 N–H and O–H groups in total. The maximum Gasteiger partial charge on any atom is 0.216 e. The summed E-state index contributed by atoms with van der Waals surface area (Å²) in [6.07, 6.45) is 2.44. The fraction of sp³-hybridized carbons (Fsp3) is 0.500. The van der Waals surface area contributed by atoms with Crippen molar-refractivity contribution in [2.24, 2.45) is 4.99 Å². The normalized spacial score (nSPS) is 31.6. The molecule has 0 amide bonds. The Morgan fingerprint density at radius 2 is 2.00 bits per heavy atom. The van der Waals surface area contributed by atoms with Crippen molar-refractivity contribution >= 4 is 5.90 Å². The first-order valence-corrected chi connectivity index (χ1v) is 6.22. The van der Waals surface area contributed by atoms with Crippen LogP contribution in [0.2, 0.25) is 0 Å². The van der Waals surface area contributed by atoms with Crippen LogP contribution in [0.4, 0.5) is 0 Å². The second-order valence-electron chi connectivity index (χ2n) is 4.99. The number of hydrogen-bond donors (Lipinski definition) is 1. The lowest BCUT2D eigenvalue weighted by atomic mass is 9.91. The summed E-state index contributed by atoms with van der Waals surface area (Å²) in [6.45, 7) is 2.07. The standard InChI is InChI=1S/C14H17NO2/c1-9-2-4-10(5-3-9)14-15-12-8-11(16)6-7-13(12)17-14/h2-5,11-13,16H,6-8H2,1H3. The molecule has 90 valence electrons. The first-order chi connectivity index (χ1) is 8.22. The highest BCUT2D eigenvalue weighted by molar-refractivity contribution is 5.95. The Hall–Kier alpha value is -1.35. The van der Waals surface area contributed by atoms with Gasteiger partial charge in [0.1, 0.15) is 6.10 Å². The second-order valence-corrected chi connectivity index (χ2v) is 4.99. The highest BCUT2D eigenvalue weighted by Crippen LogP contribution is 2.30. The highest BCUT2D eigenvalue weighted by atomic mass is 16.5. The lowest BCUT2D eigenvalue weighted by molar-refractivity contribution is 0.0625. The third-order valence-corrected chi connectivity index (χ3v) is 3.57. The van der Waals surface area contributed by atoms with Crippen LogP contribution < -0.4 is 0 Å². The smallest absolute Gasteiger partial charge is 0.216 e. The van der Waals surface area contributed by atoms with E-state index >= 15 is 0 Å². The average molecular weight is 231 g/mol. The minimum Gasteiger partial charge on any atom is -0.472 e. The van der Waals surface area contributed by atoms with Crippen LogP contribution in [0, 0.1) is 6.92 Å². The number of aliphatic imine (C=N–C) groups is 1. The van der Waals surface area contributed by atoms with Gasteiger partial charge < -0.3 is 9.84 Å². The van der Waals surface area contributed by atoms with Gasteiger partial charge in [-0.2, -0.15) is 0 Å². The zero-order chi connectivity index (χ0) is 11.8. The zero-order valence-corrected chi connectivity index (χ0v) is 9.97. The van der Waals surface area contributed by atoms with Crippen LogP contribution in [0.3, 0.4) is 0 Å². The van der Waals surface area contributed by atoms with Gasteiger partial charge in [-0.15, -0.1) is 0 Å². The van der Waals surface area contributed by atoms with Crippen molar-refractivity contribution < 1.29 is 9.84 Å². The van der Waals surface area contributed by atoms with Crippen LogP contribution >= 0.6 is 0 Å². The molecule has 0 radical (unpaired) electrons. The van der Waals surface area contributed by atoms with Gasteiger partial charge in [0.2, 0.25) is 5.90 Å². The number of hydrogen-bond acceptors (Lipinski definition) is 3. The van der Waals surface area contributed by atoms with Gasteiger partial charge in [0, 0.05) is 5.56 Å². The number of aliphatic hydroxyl groups is 1. The lowest BCUT2D eigenvalue weighted by Gasteiger charge is -2.25. The van der Waals surface area contributed by atoms with Crippen LogP contribution in [0.5, 0.6) is 0 Å². The Kier molecular flexibility index (Phi) is 2.63. The monoisotopic (exact) mass is 231 g/mol. The number of aryl methyl sites for hydroxylation is 1. The first kappa shape index (κ1) is 10.8. The number of aliphatic hydroxyl groups excluding tert-OH is 1. The molecular weight excluding hydrogens is 214 g/mol. The molecule has 1 fully saturated rings. The molecule has 2 aliphatic rings. The van der Waals surface area contributed by atoms with E-state index < -0.39 is 0 Å². The van der Waals surface area contributed by atoms with E-state index in [1.807, 2.05) is 12.1 Å². The average Bonchev–Trinajstić information content (AvgIpc) is 2.72. The molecule has 1 aromatic carbocycles. The van der Waals surface area contributed by atoms with E-state index in [1.165, 1.54) is 5.56 Å². The predicted octanol–water partition coefficient (Wildman–Crippen LogP) is 2.05. The van der Waals surface area contributed by atoms with Gasteiger partial charge >= 0.3 is 0 Å². The van der Waals surface area contributed by atoms with Gasteiger partial charge in [-0.1, -0.05) is 17.7 Å². The van der Waals surface area contributed by atoms with Crippen molar-refractivity contribution in [3.05, 3.63) is 35.4 Å². The van der Waals surface area contributed by atoms with Crippen LogP contribution in [0.25, 0.3) is 0 Å². The summed E-state index contributed by atoms with van der Waals surface area (Å²) < 4.78 is 5.88. The fourth-order valence-electron chi connectivity index (χ4n) is 2.53. The van der Waals surface area contributed by atoms with Gasteiger partial charge in [-0.05, 0) is 38.3 Å². The Labute approximate surface area is 101 Å². The minimum atomic E-state index is -0.207. The molecule has 1 aromatic rings. The van der Waals surface area contributed by atoms with Crippen molar-refractivity contribution in [3.8, 4) is 0 Å². The van der Waals surface area contributed by atoms with Crippen molar-refractivity contribution in [2.75, 3.05) is 0 Å². The molecule has 0 aromatic heterocycles. The van der Waals surface area contributed by atoms with Crippen molar-refractivity contribution in [1.82, 2.24) is 0 Å². The topological polar surface area (TPSA) is 41.8 Å². The summed E-state index contributed by atoms with van der Waals surface area (Å²) >= 11 is 0. The molecule has 1 saturated carbocycles. The molecule has 0 spiro atoms. The van der Waals surface area contributed by atoms with Gasteiger partial charge in [-0.3, -0.25) is 0 Å². The minimum absolute atomic E-state index is 0.148. The molecule has 3 rings (SSSR count). The molecular formula is C14H17NO2. The molecule has 1 aliphatic heterocycles. The molecule has 3 nitrogen and oxygen atoms in total. The molecule has 1 heterocycles. The van der Waals surface area contributed by atoms with E-state index in [0.717, 1.165) is 30.7 Å². The quantitative estimate of drug-likeness (QED) is 0.803. The van der Waals surface area contributed by atoms with Crippen LogP contribution in [0.15, 0.2) is 29.3 Å². The fourth-order valence-corrected chi connectivity index (χ4v) is 2.53.